The largest absolute Gasteiger partial charge is 0.480 e. The van der Waals surface area contributed by atoms with Crippen molar-refractivity contribution in [2.45, 2.75) is 18.9 Å². The number of carboxylic acids is 1. The fourth-order valence-electron chi connectivity index (χ4n) is 3.04. The van der Waals surface area contributed by atoms with Crippen molar-refractivity contribution in [3.63, 3.8) is 0 Å². The van der Waals surface area contributed by atoms with Gasteiger partial charge in [0.2, 0.25) is 5.91 Å². The summed E-state index contributed by atoms with van der Waals surface area (Å²) in [4.78, 5) is 23.7. The van der Waals surface area contributed by atoms with Crippen molar-refractivity contribution in [2.75, 3.05) is 0 Å². The summed E-state index contributed by atoms with van der Waals surface area (Å²) in [7, 11) is 0. The van der Waals surface area contributed by atoms with E-state index < -0.39 is 29.6 Å². The summed E-state index contributed by atoms with van der Waals surface area (Å²) in [6, 6.07) is 18.8. The molecule has 0 aliphatic heterocycles. The van der Waals surface area contributed by atoms with Crippen LogP contribution in [0.4, 0.5) is 8.78 Å². The van der Waals surface area contributed by atoms with Crippen LogP contribution in [0, 0.1) is 11.6 Å². The van der Waals surface area contributed by atoms with E-state index in [1.54, 1.807) is 0 Å². The Hall–Kier alpha value is -3.54. The van der Waals surface area contributed by atoms with Gasteiger partial charge in [0.1, 0.15) is 17.7 Å². The van der Waals surface area contributed by atoms with E-state index >= 15 is 0 Å². The van der Waals surface area contributed by atoms with E-state index in [9.17, 15) is 23.5 Å². The summed E-state index contributed by atoms with van der Waals surface area (Å²) in [6.07, 6.45) is -0.223. The quantitative estimate of drug-likeness (QED) is 0.636. The molecule has 0 heterocycles. The number of halogens is 2. The Morgan fingerprint density at radius 3 is 2.00 bits per heavy atom. The van der Waals surface area contributed by atoms with E-state index in [0.717, 1.165) is 28.8 Å². The second-order valence-electron chi connectivity index (χ2n) is 6.68. The maximum Gasteiger partial charge on any atom is 0.326 e. The van der Waals surface area contributed by atoms with Crippen LogP contribution in [-0.4, -0.2) is 23.0 Å². The van der Waals surface area contributed by atoms with Gasteiger partial charge in [-0.2, -0.15) is 0 Å². The Balaban J connectivity index is 1.65. The van der Waals surface area contributed by atoms with Gasteiger partial charge in [-0.05, 0) is 34.4 Å². The molecule has 0 aliphatic carbocycles. The first kappa shape index (κ1) is 20.2. The van der Waals surface area contributed by atoms with Crippen LogP contribution < -0.4 is 5.32 Å². The van der Waals surface area contributed by atoms with Gasteiger partial charge in [0.25, 0.3) is 0 Å². The van der Waals surface area contributed by atoms with Crippen LogP contribution in [0.25, 0.3) is 11.1 Å². The van der Waals surface area contributed by atoms with Gasteiger partial charge in [-0.1, -0.05) is 54.6 Å². The Bertz CT molecular complexity index is 984. The van der Waals surface area contributed by atoms with Gasteiger partial charge in [0.15, 0.2) is 0 Å². The van der Waals surface area contributed by atoms with Crippen molar-refractivity contribution in [1.29, 1.82) is 0 Å². The molecule has 0 unspecified atom stereocenters. The summed E-state index contributed by atoms with van der Waals surface area (Å²) in [5.74, 6) is -3.39. The van der Waals surface area contributed by atoms with Gasteiger partial charge in [0.05, 0.1) is 6.42 Å². The highest BCUT2D eigenvalue weighted by molar-refractivity contribution is 5.85. The van der Waals surface area contributed by atoms with E-state index in [0.29, 0.717) is 6.07 Å². The molecule has 0 aromatic heterocycles. The summed E-state index contributed by atoms with van der Waals surface area (Å²) in [6.45, 7) is 0. The first-order chi connectivity index (χ1) is 13.9. The van der Waals surface area contributed by atoms with Crippen molar-refractivity contribution in [1.82, 2.24) is 5.32 Å². The number of carboxylic acid groups (broad SMARTS) is 1. The monoisotopic (exact) mass is 395 g/mol. The molecule has 0 spiro atoms. The van der Waals surface area contributed by atoms with Gasteiger partial charge in [0, 0.05) is 12.5 Å². The molecule has 0 saturated heterocycles. The van der Waals surface area contributed by atoms with Gasteiger partial charge < -0.3 is 10.4 Å². The molecule has 0 bridgehead atoms. The number of hydrogen-bond donors (Lipinski definition) is 2. The molecule has 6 heteroatoms. The molecule has 1 amide bonds. The zero-order valence-electron chi connectivity index (χ0n) is 15.4. The average Bonchev–Trinajstić information content (AvgIpc) is 2.68. The number of amides is 1. The predicted octanol–water partition coefficient (Wildman–Crippen LogP) is 3.99. The van der Waals surface area contributed by atoms with Crippen molar-refractivity contribution in [3.05, 3.63) is 95.6 Å². The highest BCUT2D eigenvalue weighted by atomic mass is 19.1. The molecular formula is C23H19F2NO3. The van der Waals surface area contributed by atoms with E-state index in [4.69, 9.17) is 0 Å². The Morgan fingerprint density at radius 2 is 1.41 bits per heavy atom. The smallest absolute Gasteiger partial charge is 0.326 e. The topological polar surface area (TPSA) is 66.4 Å². The summed E-state index contributed by atoms with van der Waals surface area (Å²) in [5.41, 5.74) is 2.92. The predicted molar refractivity (Wildman–Crippen MR) is 105 cm³/mol. The average molecular weight is 395 g/mol. The number of aliphatic carboxylic acids is 1. The molecule has 0 aliphatic rings. The van der Waals surface area contributed by atoms with Gasteiger partial charge in [-0.3, -0.25) is 4.79 Å². The van der Waals surface area contributed by atoms with Crippen molar-refractivity contribution in [2.24, 2.45) is 0 Å². The zero-order valence-corrected chi connectivity index (χ0v) is 15.4. The van der Waals surface area contributed by atoms with E-state index in [-0.39, 0.29) is 18.4 Å². The number of carbonyl (C=O) groups excluding carboxylic acids is 1. The van der Waals surface area contributed by atoms with Crippen LogP contribution in [0.2, 0.25) is 0 Å². The highest BCUT2D eigenvalue weighted by Crippen LogP contribution is 2.20. The van der Waals surface area contributed by atoms with Gasteiger partial charge in [-0.25, -0.2) is 13.6 Å². The summed E-state index contributed by atoms with van der Waals surface area (Å²) in [5, 5.41) is 11.9. The minimum Gasteiger partial charge on any atom is -0.480 e. The maximum atomic E-state index is 13.2. The Morgan fingerprint density at radius 1 is 0.828 bits per heavy atom. The fraction of sp³-hybridized carbons (Fsp3) is 0.130. The Labute approximate surface area is 166 Å². The standard InChI is InChI=1S/C23H19F2NO3/c24-19-10-16(11-20(25)14-19)13-22(27)26-21(23(28)29)12-15-6-8-18(9-7-15)17-4-2-1-3-5-17/h1-11,14,21H,12-13H2,(H,26,27)(H,28,29)/t21-/m1/s1. The first-order valence-corrected chi connectivity index (χ1v) is 9.02. The van der Waals surface area contributed by atoms with Crippen molar-refractivity contribution >= 4 is 11.9 Å². The molecule has 4 nitrogen and oxygen atoms in total. The van der Waals surface area contributed by atoms with E-state index in [2.05, 4.69) is 5.32 Å². The molecule has 0 radical (unpaired) electrons. The van der Waals surface area contributed by atoms with Gasteiger partial charge >= 0.3 is 5.97 Å². The minimum absolute atomic E-state index is 0.0909. The lowest BCUT2D eigenvalue weighted by Gasteiger charge is -2.15. The normalized spacial score (nSPS) is 11.7. The SMILES string of the molecule is O=C(Cc1cc(F)cc(F)c1)N[C@H](Cc1ccc(-c2ccccc2)cc1)C(=O)O. The molecule has 148 valence electrons. The first-order valence-electron chi connectivity index (χ1n) is 9.02. The number of benzene rings is 3. The lowest BCUT2D eigenvalue weighted by Crippen LogP contribution is -2.43. The van der Waals surface area contributed by atoms with Crippen LogP contribution in [-0.2, 0) is 22.4 Å². The number of hydrogen-bond acceptors (Lipinski definition) is 2. The molecule has 29 heavy (non-hydrogen) atoms. The summed E-state index contributed by atoms with van der Waals surface area (Å²) < 4.78 is 26.5. The van der Waals surface area contributed by atoms with Crippen molar-refractivity contribution < 1.29 is 23.5 Å². The van der Waals surface area contributed by atoms with Crippen LogP contribution >= 0.6 is 0 Å². The minimum atomic E-state index is -1.18. The lowest BCUT2D eigenvalue weighted by atomic mass is 10.0. The van der Waals surface area contributed by atoms with Crippen LogP contribution in [0.15, 0.2) is 72.8 Å². The number of rotatable bonds is 7. The van der Waals surface area contributed by atoms with Crippen LogP contribution in [0.5, 0.6) is 0 Å². The molecular weight excluding hydrogens is 376 g/mol. The van der Waals surface area contributed by atoms with E-state index in [1.807, 2.05) is 54.6 Å². The van der Waals surface area contributed by atoms with Crippen LogP contribution in [0.1, 0.15) is 11.1 Å². The lowest BCUT2D eigenvalue weighted by molar-refractivity contribution is -0.141. The molecule has 3 aromatic rings. The zero-order chi connectivity index (χ0) is 20.8. The Kier molecular flexibility index (Phi) is 6.34. The fourth-order valence-corrected chi connectivity index (χ4v) is 3.04. The maximum absolute atomic E-state index is 13.2. The number of nitrogens with one attached hydrogen (secondary N) is 1. The van der Waals surface area contributed by atoms with E-state index in [1.165, 1.54) is 0 Å². The summed E-state index contributed by atoms with van der Waals surface area (Å²) >= 11 is 0. The molecule has 3 rings (SSSR count). The van der Waals surface area contributed by atoms with Crippen LogP contribution in [0.3, 0.4) is 0 Å². The third-order valence-corrected chi connectivity index (χ3v) is 4.42. The number of carbonyl (C=O) groups is 2. The molecule has 0 fully saturated rings. The second-order valence-corrected chi connectivity index (χ2v) is 6.68. The highest BCUT2D eigenvalue weighted by Gasteiger charge is 2.21. The molecule has 3 aromatic carbocycles. The van der Waals surface area contributed by atoms with Gasteiger partial charge in [-0.15, -0.1) is 0 Å². The van der Waals surface area contributed by atoms with Crippen molar-refractivity contribution in [3.8, 4) is 11.1 Å². The third kappa shape index (κ3) is 5.72. The second kappa shape index (κ2) is 9.10. The molecule has 2 N–H and O–H groups in total. The molecule has 0 saturated carbocycles. The molecule has 1 atom stereocenters. The third-order valence-electron chi connectivity index (χ3n) is 4.42.